The van der Waals surface area contributed by atoms with Crippen molar-refractivity contribution in [1.82, 2.24) is 4.57 Å². The topological polar surface area (TPSA) is 58.2 Å². The third kappa shape index (κ3) is 7.23. The predicted octanol–water partition coefficient (Wildman–Crippen LogP) is 1.62. The number of aliphatic carboxylic acids is 1. The fraction of sp³-hybridized carbons (Fsp3) is 0.375. The first-order valence-corrected chi connectivity index (χ1v) is 7.35. The summed E-state index contributed by atoms with van der Waals surface area (Å²) in [4.78, 5) is 8.78. The molecule has 0 spiro atoms. The quantitative estimate of drug-likeness (QED) is 0.600. The van der Waals surface area contributed by atoms with Crippen molar-refractivity contribution in [2.24, 2.45) is 0 Å². The summed E-state index contributed by atoms with van der Waals surface area (Å²) in [5, 5.41) is 8.78. The van der Waals surface area contributed by atoms with Gasteiger partial charge in [-0.3, -0.25) is 0 Å². The molecule has 2 aromatic rings. The first-order chi connectivity index (χ1) is 11.6. The average Bonchev–Trinajstić information content (AvgIpc) is 2.97. The second kappa shape index (κ2) is 9.05. The molecule has 2 rings (SSSR count). The van der Waals surface area contributed by atoms with E-state index in [1.54, 1.807) is 6.07 Å². The SMILES string of the molecule is CCn1cc[n+](CCOc2ccc(C)cc2F)c1.O=C([O-])C(F)(F)F. The van der Waals surface area contributed by atoms with Crippen LogP contribution in [0.3, 0.4) is 0 Å². The van der Waals surface area contributed by atoms with E-state index in [1.165, 1.54) is 6.07 Å². The van der Waals surface area contributed by atoms with Gasteiger partial charge in [0.1, 0.15) is 31.5 Å². The molecule has 1 heterocycles. The van der Waals surface area contributed by atoms with E-state index in [4.69, 9.17) is 14.6 Å². The first kappa shape index (κ1) is 20.5. The zero-order valence-electron chi connectivity index (χ0n) is 13.7. The second-order valence-corrected chi connectivity index (χ2v) is 5.05. The van der Waals surface area contributed by atoms with Crippen LogP contribution in [0.2, 0.25) is 0 Å². The molecule has 1 aromatic carbocycles. The lowest BCUT2D eigenvalue weighted by molar-refractivity contribution is -0.697. The number of imidazole rings is 1. The monoisotopic (exact) mass is 362 g/mol. The van der Waals surface area contributed by atoms with Gasteiger partial charge in [0.15, 0.2) is 11.6 Å². The number of aryl methyl sites for hydroxylation is 2. The van der Waals surface area contributed by atoms with Gasteiger partial charge in [-0.05, 0) is 31.5 Å². The molecule has 0 fully saturated rings. The molecule has 0 saturated carbocycles. The fourth-order valence-corrected chi connectivity index (χ4v) is 1.74. The number of nitrogens with zero attached hydrogens (tertiary/aromatic N) is 2. The van der Waals surface area contributed by atoms with Crippen LogP contribution in [0.25, 0.3) is 0 Å². The van der Waals surface area contributed by atoms with Gasteiger partial charge in [-0.15, -0.1) is 0 Å². The van der Waals surface area contributed by atoms with E-state index in [0.29, 0.717) is 18.9 Å². The normalized spacial score (nSPS) is 10.8. The minimum Gasteiger partial charge on any atom is -0.542 e. The summed E-state index contributed by atoms with van der Waals surface area (Å²) >= 11 is 0. The van der Waals surface area contributed by atoms with Crippen molar-refractivity contribution in [3.63, 3.8) is 0 Å². The molecule has 0 aliphatic heterocycles. The number of hydrogen-bond acceptors (Lipinski definition) is 3. The number of carbonyl (C=O) groups is 1. The van der Waals surface area contributed by atoms with Gasteiger partial charge in [-0.1, -0.05) is 6.07 Å². The summed E-state index contributed by atoms with van der Waals surface area (Å²) in [5.41, 5.74) is 0.897. The maximum atomic E-state index is 13.5. The average molecular weight is 362 g/mol. The van der Waals surface area contributed by atoms with Crippen LogP contribution in [0.1, 0.15) is 12.5 Å². The van der Waals surface area contributed by atoms with Crippen LogP contribution in [0.15, 0.2) is 36.9 Å². The molecule has 0 aliphatic carbocycles. The standard InChI is InChI=1S/C14H18FN2O.C2HF3O2/c1-3-16-6-7-17(11-16)8-9-18-14-5-4-12(2)10-13(14)15;3-2(4,5)1(6)7/h4-7,10-11H,3,8-9H2,1-2H3;(H,6,7)/q+1;/p-1. The minimum absolute atomic E-state index is 0.300. The third-order valence-electron chi connectivity index (χ3n) is 3.04. The molecule has 0 saturated heterocycles. The van der Waals surface area contributed by atoms with Crippen LogP contribution in [0.5, 0.6) is 5.75 Å². The molecule has 0 N–H and O–H groups in total. The van der Waals surface area contributed by atoms with Crippen molar-refractivity contribution < 1.29 is 36.8 Å². The molecule has 0 aliphatic rings. The summed E-state index contributed by atoms with van der Waals surface area (Å²) in [6, 6.07) is 5.00. The second-order valence-electron chi connectivity index (χ2n) is 5.05. The highest BCUT2D eigenvalue weighted by Crippen LogP contribution is 2.17. The van der Waals surface area contributed by atoms with Crippen molar-refractivity contribution in [2.75, 3.05) is 6.61 Å². The van der Waals surface area contributed by atoms with E-state index < -0.39 is 12.1 Å². The van der Waals surface area contributed by atoms with E-state index in [-0.39, 0.29) is 5.82 Å². The number of ether oxygens (including phenoxy) is 1. The third-order valence-corrected chi connectivity index (χ3v) is 3.04. The van der Waals surface area contributed by atoms with Gasteiger partial charge >= 0.3 is 6.18 Å². The van der Waals surface area contributed by atoms with Crippen LogP contribution in [-0.2, 0) is 17.9 Å². The molecule has 0 bridgehead atoms. The fourth-order valence-electron chi connectivity index (χ4n) is 1.74. The lowest BCUT2D eigenvalue weighted by atomic mass is 10.2. The number of hydrogen-bond donors (Lipinski definition) is 0. The summed E-state index contributed by atoms with van der Waals surface area (Å²) in [6.45, 7) is 6.05. The van der Waals surface area contributed by atoms with Crippen molar-refractivity contribution in [3.8, 4) is 5.75 Å². The number of aromatic nitrogens is 2. The van der Waals surface area contributed by atoms with Crippen LogP contribution in [0.4, 0.5) is 17.6 Å². The Morgan fingerprint density at radius 3 is 2.48 bits per heavy atom. The number of carboxylic acids is 1. The highest BCUT2D eigenvalue weighted by atomic mass is 19.4. The number of carboxylic acid groups (broad SMARTS) is 1. The Morgan fingerprint density at radius 1 is 1.36 bits per heavy atom. The Bertz CT molecular complexity index is 699. The molecular formula is C16H18F4N2O3. The number of carbonyl (C=O) groups excluding carboxylic acids is 1. The van der Waals surface area contributed by atoms with Gasteiger partial charge in [0.25, 0.3) is 0 Å². The highest BCUT2D eigenvalue weighted by Gasteiger charge is 2.28. The Hall–Kier alpha value is -2.58. The number of halogens is 4. The van der Waals surface area contributed by atoms with Crippen molar-refractivity contribution in [1.29, 1.82) is 0 Å². The van der Waals surface area contributed by atoms with E-state index in [1.807, 2.05) is 36.3 Å². The largest absolute Gasteiger partial charge is 0.542 e. The molecule has 0 unspecified atom stereocenters. The van der Waals surface area contributed by atoms with Crippen LogP contribution in [0, 0.1) is 12.7 Å². The molecular weight excluding hydrogens is 344 g/mol. The number of alkyl halides is 3. The summed E-state index contributed by atoms with van der Waals surface area (Å²) in [7, 11) is 0. The lowest BCUT2D eigenvalue weighted by Crippen LogP contribution is -2.37. The van der Waals surface area contributed by atoms with Gasteiger partial charge in [0.2, 0.25) is 6.33 Å². The van der Waals surface area contributed by atoms with E-state index in [2.05, 4.69) is 11.5 Å². The molecule has 138 valence electrons. The molecule has 25 heavy (non-hydrogen) atoms. The van der Waals surface area contributed by atoms with Crippen LogP contribution >= 0.6 is 0 Å². The van der Waals surface area contributed by atoms with Crippen LogP contribution in [-0.4, -0.2) is 23.3 Å². The van der Waals surface area contributed by atoms with E-state index in [9.17, 15) is 17.6 Å². The smallest absolute Gasteiger partial charge is 0.430 e. The van der Waals surface area contributed by atoms with Crippen molar-refractivity contribution in [3.05, 3.63) is 48.3 Å². The Kier molecular flexibility index (Phi) is 7.41. The molecule has 9 heteroatoms. The van der Waals surface area contributed by atoms with Gasteiger partial charge in [-0.2, -0.15) is 13.2 Å². The van der Waals surface area contributed by atoms with Gasteiger partial charge in [-0.25, -0.2) is 13.5 Å². The zero-order valence-corrected chi connectivity index (χ0v) is 13.7. The van der Waals surface area contributed by atoms with Crippen molar-refractivity contribution >= 4 is 5.97 Å². The highest BCUT2D eigenvalue weighted by molar-refractivity contribution is 5.70. The number of benzene rings is 1. The minimum atomic E-state index is -5.19. The van der Waals surface area contributed by atoms with Gasteiger partial charge in [0, 0.05) is 0 Å². The Morgan fingerprint density at radius 2 is 2.00 bits per heavy atom. The summed E-state index contributed by atoms with van der Waals surface area (Å²) in [6.07, 6.45) is 0.805. The van der Waals surface area contributed by atoms with Gasteiger partial charge < -0.3 is 14.6 Å². The zero-order chi connectivity index (χ0) is 19.0. The molecule has 0 amide bonds. The maximum Gasteiger partial charge on any atom is 0.430 e. The Balaban J connectivity index is 0.000000381. The van der Waals surface area contributed by atoms with Crippen LogP contribution < -0.4 is 14.4 Å². The van der Waals surface area contributed by atoms with E-state index >= 15 is 0 Å². The molecule has 0 atom stereocenters. The maximum absolute atomic E-state index is 13.5. The summed E-state index contributed by atoms with van der Waals surface area (Å²) in [5.74, 6) is -2.99. The predicted molar refractivity (Wildman–Crippen MR) is 78.0 cm³/mol. The Labute approximate surface area is 142 Å². The lowest BCUT2D eigenvalue weighted by Gasteiger charge is -2.06. The molecule has 1 aromatic heterocycles. The first-order valence-electron chi connectivity index (χ1n) is 7.35. The van der Waals surface area contributed by atoms with Crippen molar-refractivity contribution in [2.45, 2.75) is 33.1 Å². The summed E-state index contributed by atoms with van der Waals surface area (Å²) < 4.78 is 54.6. The number of rotatable bonds is 5. The van der Waals surface area contributed by atoms with E-state index in [0.717, 1.165) is 12.1 Å². The molecule has 5 nitrogen and oxygen atoms in total. The molecule has 0 radical (unpaired) electrons. The van der Waals surface area contributed by atoms with Gasteiger partial charge in [0.05, 0.1) is 6.54 Å².